The first kappa shape index (κ1) is 33.6. The average Bonchev–Trinajstić information content (AvgIpc) is 3.38. The largest absolute Gasteiger partial charge is 0.478 e. The summed E-state index contributed by atoms with van der Waals surface area (Å²) in [5, 5.41) is 9.47. The maximum Gasteiger partial charge on any atom is 0.335 e. The number of fused-ring (bicyclic) bond motifs is 7. The van der Waals surface area contributed by atoms with Gasteiger partial charge in [-0.2, -0.15) is 0 Å². The van der Waals surface area contributed by atoms with Crippen LogP contribution in [0.1, 0.15) is 115 Å². The summed E-state index contributed by atoms with van der Waals surface area (Å²) >= 11 is 0. The molecule has 1 N–H and O–H groups in total. The summed E-state index contributed by atoms with van der Waals surface area (Å²) < 4.78 is 24.6. The van der Waals surface area contributed by atoms with Crippen molar-refractivity contribution < 1.29 is 18.3 Å². The number of sulfone groups is 1. The molecule has 0 aromatic heterocycles. The van der Waals surface area contributed by atoms with Crippen molar-refractivity contribution in [3.8, 4) is 0 Å². The number of nitrogens with zero attached hydrogens (tertiary/aromatic N) is 1. The lowest BCUT2D eigenvalue weighted by atomic mass is 9.32. The number of aromatic carboxylic acids is 1. The third-order valence-electron chi connectivity index (χ3n) is 16.2. The topological polar surface area (TPSA) is 74.7 Å². The molecule has 5 aliphatic carbocycles. The minimum Gasteiger partial charge on any atom is -0.478 e. The molecule has 1 aliphatic heterocycles. The van der Waals surface area contributed by atoms with Gasteiger partial charge in [-0.3, -0.25) is 0 Å². The molecule has 0 amide bonds. The van der Waals surface area contributed by atoms with Crippen molar-refractivity contribution in [2.75, 3.05) is 31.1 Å². The number of benzene rings is 1. The van der Waals surface area contributed by atoms with E-state index in [4.69, 9.17) is 0 Å². The zero-order chi connectivity index (χ0) is 33.8. The molecule has 5 nitrogen and oxygen atoms in total. The van der Waals surface area contributed by atoms with Gasteiger partial charge in [0.05, 0.1) is 17.1 Å². The van der Waals surface area contributed by atoms with Crippen molar-refractivity contribution in [1.29, 1.82) is 0 Å². The number of hydrogen-bond acceptors (Lipinski definition) is 4. The zero-order valence-corrected chi connectivity index (χ0v) is 30.7. The van der Waals surface area contributed by atoms with Gasteiger partial charge < -0.3 is 10.0 Å². The Labute approximate surface area is 284 Å². The summed E-state index contributed by atoms with van der Waals surface area (Å²) in [5.74, 6) is 2.93. The van der Waals surface area contributed by atoms with E-state index < -0.39 is 15.8 Å². The molecule has 0 bridgehead atoms. The van der Waals surface area contributed by atoms with Crippen molar-refractivity contribution in [3.05, 3.63) is 53.6 Å². The van der Waals surface area contributed by atoms with Crippen molar-refractivity contribution in [1.82, 2.24) is 4.90 Å². The SMILES string of the molecule is C=C(C)C1CCC2(CN3CCS(=O)(=O)CC3)CCC3(C)C(CCC4C5(C)CC=C(c6ccc(C(=O)O)cc6)C(C)(C)C5CCC43C)C12. The summed E-state index contributed by atoms with van der Waals surface area (Å²) in [6.45, 7) is 22.3. The van der Waals surface area contributed by atoms with E-state index in [1.807, 2.05) is 12.1 Å². The van der Waals surface area contributed by atoms with Crippen LogP contribution in [0.4, 0.5) is 0 Å². The summed E-state index contributed by atoms with van der Waals surface area (Å²) in [6.07, 6.45) is 13.8. The number of carbonyl (C=O) groups is 1. The Morgan fingerprint density at radius 3 is 2.21 bits per heavy atom. The Bertz CT molecular complexity index is 1580. The van der Waals surface area contributed by atoms with E-state index in [-0.39, 0.29) is 27.1 Å². The molecule has 47 heavy (non-hydrogen) atoms. The van der Waals surface area contributed by atoms with Gasteiger partial charge in [-0.25, -0.2) is 13.2 Å². The van der Waals surface area contributed by atoms with E-state index >= 15 is 0 Å². The standard InChI is InChI=1S/C41H59NO4S/c1-27(2)30-14-19-41(26-42-22-24-47(45,46)25-23-42)21-20-39(6)32(35(30)41)12-13-34-38(5)17-15-31(28-8-10-29(11-9-28)36(43)44)37(3,4)33(38)16-18-40(34,39)7/h8-11,15,30,32-35H,1,12-14,16-26H2,2-7H3,(H,43,44). The lowest BCUT2D eigenvalue weighted by Gasteiger charge is -2.72. The van der Waals surface area contributed by atoms with E-state index in [1.165, 1.54) is 68.1 Å². The molecule has 5 fully saturated rings. The highest BCUT2D eigenvalue weighted by molar-refractivity contribution is 7.91. The first-order chi connectivity index (χ1) is 22.0. The van der Waals surface area contributed by atoms with E-state index in [9.17, 15) is 18.3 Å². The predicted octanol–water partition coefficient (Wildman–Crippen LogP) is 8.77. The molecular weight excluding hydrogens is 603 g/mol. The predicted molar refractivity (Wildman–Crippen MR) is 191 cm³/mol. The number of hydrogen-bond donors (Lipinski definition) is 1. The molecule has 258 valence electrons. The van der Waals surface area contributed by atoms with Crippen molar-refractivity contribution in [3.63, 3.8) is 0 Å². The summed E-state index contributed by atoms with van der Waals surface area (Å²) in [7, 11) is -2.88. The van der Waals surface area contributed by atoms with Crippen molar-refractivity contribution in [2.45, 2.75) is 99.3 Å². The second-order valence-corrected chi connectivity index (χ2v) is 20.7. The Kier molecular flexibility index (Phi) is 7.89. The van der Waals surface area contributed by atoms with Crippen LogP contribution < -0.4 is 0 Å². The van der Waals surface area contributed by atoms with Crippen LogP contribution in [0.5, 0.6) is 0 Å². The van der Waals surface area contributed by atoms with Crippen molar-refractivity contribution in [2.24, 2.45) is 56.7 Å². The van der Waals surface area contributed by atoms with Gasteiger partial charge in [0.2, 0.25) is 0 Å². The van der Waals surface area contributed by atoms with Gasteiger partial charge in [0.25, 0.3) is 0 Å². The Morgan fingerprint density at radius 1 is 0.894 bits per heavy atom. The summed E-state index contributed by atoms with van der Waals surface area (Å²) in [4.78, 5) is 14.1. The van der Waals surface area contributed by atoms with Crippen LogP contribution in [0.3, 0.4) is 0 Å². The number of carboxylic acid groups (broad SMARTS) is 1. The smallest absolute Gasteiger partial charge is 0.335 e. The molecule has 1 saturated heterocycles. The van der Waals surface area contributed by atoms with E-state index in [1.54, 1.807) is 12.1 Å². The van der Waals surface area contributed by atoms with E-state index in [0.29, 0.717) is 59.7 Å². The normalized spacial score (nSPS) is 43.9. The van der Waals surface area contributed by atoms with Gasteiger partial charge in [-0.05, 0) is 145 Å². The average molecular weight is 662 g/mol. The van der Waals surface area contributed by atoms with Gasteiger partial charge in [0.15, 0.2) is 9.84 Å². The summed E-state index contributed by atoms with van der Waals surface area (Å²) in [6, 6.07) is 7.57. The number of rotatable bonds is 5. The van der Waals surface area contributed by atoms with Crippen LogP contribution in [-0.2, 0) is 9.84 Å². The second kappa shape index (κ2) is 11.0. The van der Waals surface area contributed by atoms with Gasteiger partial charge in [0, 0.05) is 19.6 Å². The van der Waals surface area contributed by atoms with Crippen LogP contribution in [0, 0.1) is 56.7 Å². The molecule has 7 rings (SSSR count). The van der Waals surface area contributed by atoms with E-state index in [0.717, 1.165) is 13.0 Å². The molecule has 4 saturated carbocycles. The highest BCUT2D eigenvalue weighted by atomic mass is 32.2. The highest BCUT2D eigenvalue weighted by Crippen LogP contribution is 2.77. The first-order valence-electron chi connectivity index (χ1n) is 18.6. The molecule has 1 aromatic carbocycles. The lowest BCUT2D eigenvalue weighted by molar-refractivity contribution is -0.226. The molecule has 1 aromatic rings. The quantitative estimate of drug-likeness (QED) is 0.320. The maximum atomic E-state index is 12.3. The van der Waals surface area contributed by atoms with Gasteiger partial charge in [-0.1, -0.05) is 65.0 Å². The molecule has 1 heterocycles. The second-order valence-electron chi connectivity index (χ2n) is 18.4. The number of carboxylic acids is 1. The van der Waals surface area contributed by atoms with Crippen LogP contribution >= 0.6 is 0 Å². The van der Waals surface area contributed by atoms with Crippen LogP contribution in [0.15, 0.2) is 42.5 Å². The third kappa shape index (κ3) is 4.91. The summed E-state index contributed by atoms with van der Waals surface area (Å²) in [5.41, 5.74) is 5.36. The fourth-order valence-electron chi connectivity index (χ4n) is 13.8. The lowest BCUT2D eigenvalue weighted by Crippen LogP contribution is -2.66. The third-order valence-corrected chi connectivity index (χ3v) is 17.8. The Balaban J connectivity index is 1.20. The molecule has 9 unspecified atom stereocenters. The Hall–Kier alpha value is -1.92. The molecule has 9 atom stereocenters. The molecule has 0 spiro atoms. The Morgan fingerprint density at radius 2 is 1.57 bits per heavy atom. The van der Waals surface area contributed by atoms with Crippen LogP contribution in [0.2, 0.25) is 0 Å². The molecule has 6 aliphatic rings. The van der Waals surface area contributed by atoms with Crippen LogP contribution in [-0.4, -0.2) is 55.5 Å². The van der Waals surface area contributed by atoms with Gasteiger partial charge >= 0.3 is 5.97 Å². The molecule has 6 heteroatoms. The van der Waals surface area contributed by atoms with Crippen molar-refractivity contribution >= 4 is 21.4 Å². The minimum atomic E-state index is -2.88. The fraction of sp³-hybridized carbons (Fsp3) is 0.732. The van der Waals surface area contributed by atoms with Gasteiger partial charge in [-0.15, -0.1) is 0 Å². The monoisotopic (exact) mass is 661 g/mol. The first-order valence-corrected chi connectivity index (χ1v) is 20.4. The highest BCUT2D eigenvalue weighted by Gasteiger charge is 2.70. The minimum absolute atomic E-state index is 0.0109. The zero-order valence-electron chi connectivity index (χ0n) is 29.9. The molecular formula is C41H59NO4S. The van der Waals surface area contributed by atoms with E-state index in [2.05, 4.69) is 59.1 Å². The fourth-order valence-corrected chi connectivity index (χ4v) is 15.1. The maximum absolute atomic E-state index is 12.3. The molecule has 0 radical (unpaired) electrons. The van der Waals surface area contributed by atoms with Gasteiger partial charge in [0.1, 0.15) is 0 Å². The van der Waals surface area contributed by atoms with Crippen LogP contribution in [0.25, 0.3) is 5.57 Å². The number of allylic oxidation sites excluding steroid dienone is 3.